The Morgan fingerprint density at radius 2 is 2.08 bits per heavy atom. The summed E-state index contributed by atoms with van der Waals surface area (Å²) in [4.78, 5) is 0. The highest BCUT2D eigenvalue weighted by atomic mass is 14.9. The van der Waals surface area contributed by atoms with Crippen LogP contribution in [0, 0.1) is 5.92 Å². The van der Waals surface area contributed by atoms with Gasteiger partial charge in [-0.3, -0.25) is 0 Å². The molecule has 70 valence electrons. The molecule has 0 aliphatic rings. The van der Waals surface area contributed by atoms with Gasteiger partial charge in [0, 0.05) is 6.04 Å². The topological polar surface area (TPSA) is 12.0 Å². The van der Waals surface area contributed by atoms with Gasteiger partial charge in [-0.15, -0.1) is 0 Å². The van der Waals surface area contributed by atoms with Gasteiger partial charge in [0.1, 0.15) is 0 Å². The minimum atomic E-state index is 0.422. The highest BCUT2D eigenvalue weighted by molar-refractivity contribution is 5.08. The molecule has 0 spiro atoms. The van der Waals surface area contributed by atoms with Gasteiger partial charge in [-0.2, -0.15) is 0 Å². The zero-order chi connectivity index (χ0) is 9.56. The summed E-state index contributed by atoms with van der Waals surface area (Å²) < 4.78 is 0. The maximum absolute atomic E-state index is 4.08. The molecule has 0 heterocycles. The first kappa shape index (κ1) is 11.4. The highest BCUT2D eigenvalue weighted by Gasteiger charge is 2.09. The molecule has 0 aromatic carbocycles. The summed E-state index contributed by atoms with van der Waals surface area (Å²) in [5, 5.41) is 3.20. The normalized spacial score (nSPS) is 16.3. The smallest absolute Gasteiger partial charge is 0.0248 e. The van der Waals surface area contributed by atoms with Crippen molar-refractivity contribution in [2.45, 2.75) is 33.2 Å². The molecule has 0 saturated carbocycles. The summed E-state index contributed by atoms with van der Waals surface area (Å²) >= 11 is 0. The fourth-order valence-electron chi connectivity index (χ4n) is 1.10. The lowest BCUT2D eigenvalue weighted by Crippen LogP contribution is -2.26. The maximum atomic E-state index is 4.08. The molecular weight excluding hydrogens is 146 g/mol. The molecule has 1 N–H and O–H groups in total. The fraction of sp³-hybridized carbons (Fsp3) is 0.636. The van der Waals surface area contributed by atoms with E-state index in [2.05, 4.69) is 44.8 Å². The minimum Gasteiger partial charge on any atom is -0.314 e. The van der Waals surface area contributed by atoms with Crippen LogP contribution < -0.4 is 5.32 Å². The van der Waals surface area contributed by atoms with Crippen LogP contribution in [0.5, 0.6) is 0 Å². The van der Waals surface area contributed by atoms with Crippen LogP contribution in [-0.2, 0) is 0 Å². The van der Waals surface area contributed by atoms with Crippen molar-refractivity contribution in [2.24, 2.45) is 5.92 Å². The molecule has 0 radical (unpaired) electrons. The van der Waals surface area contributed by atoms with Gasteiger partial charge in [-0.25, -0.2) is 0 Å². The third-order valence-corrected chi connectivity index (χ3v) is 2.35. The lowest BCUT2D eigenvalue weighted by Gasteiger charge is -2.19. The SMILES string of the molecule is C=C(C(C)NC)[C@H](C)C/C=C/C. The molecule has 0 aromatic rings. The fourth-order valence-corrected chi connectivity index (χ4v) is 1.10. The highest BCUT2D eigenvalue weighted by Crippen LogP contribution is 2.16. The number of rotatable bonds is 5. The van der Waals surface area contributed by atoms with Crippen LogP contribution >= 0.6 is 0 Å². The summed E-state index contributed by atoms with van der Waals surface area (Å²) in [5.74, 6) is 0.573. The molecule has 12 heavy (non-hydrogen) atoms. The van der Waals surface area contributed by atoms with Crippen molar-refractivity contribution in [3.63, 3.8) is 0 Å². The van der Waals surface area contributed by atoms with Crippen LogP contribution in [0.15, 0.2) is 24.3 Å². The van der Waals surface area contributed by atoms with Crippen LogP contribution in [0.1, 0.15) is 27.2 Å². The molecule has 0 aliphatic heterocycles. The van der Waals surface area contributed by atoms with Crippen LogP contribution in [0.2, 0.25) is 0 Å². The average Bonchev–Trinajstić information content (AvgIpc) is 2.11. The molecule has 0 aromatic heterocycles. The average molecular weight is 167 g/mol. The molecular formula is C11H21N. The Morgan fingerprint density at radius 1 is 1.50 bits per heavy atom. The van der Waals surface area contributed by atoms with Gasteiger partial charge in [-0.1, -0.05) is 31.2 Å². The van der Waals surface area contributed by atoms with E-state index in [1.165, 1.54) is 5.57 Å². The lowest BCUT2D eigenvalue weighted by molar-refractivity contribution is 0.579. The van der Waals surface area contributed by atoms with Crippen LogP contribution in [0.25, 0.3) is 0 Å². The van der Waals surface area contributed by atoms with Crippen molar-refractivity contribution >= 4 is 0 Å². The summed E-state index contributed by atoms with van der Waals surface area (Å²) in [6.45, 7) is 10.5. The van der Waals surface area contributed by atoms with Crippen LogP contribution in [-0.4, -0.2) is 13.1 Å². The first-order valence-corrected chi connectivity index (χ1v) is 4.60. The number of hydrogen-bond donors (Lipinski definition) is 1. The van der Waals surface area contributed by atoms with E-state index in [1.807, 2.05) is 7.05 Å². The standard InChI is InChI=1S/C11H21N/c1-6-7-8-9(2)10(3)11(4)12-5/h6-7,9,11-12H,3,8H2,1-2,4-5H3/b7-6+/t9-,11?/m1/s1. The van der Waals surface area contributed by atoms with Crippen molar-refractivity contribution in [3.8, 4) is 0 Å². The molecule has 1 heteroatoms. The molecule has 0 rings (SSSR count). The third kappa shape index (κ3) is 3.72. The molecule has 1 unspecified atom stereocenters. The predicted molar refractivity (Wildman–Crippen MR) is 56.3 cm³/mol. The van der Waals surface area contributed by atoms with Gasteiger partial charge in [0.25, 0.3) is 0 Å². The van der Waals surface area contributed by atoms with E-state index in [4.69, 9.17) is 0 Å². The second-order valence-electron chi connectivity index (χ2n) is 3.29. The largest absolute Gasteiger partial charge is 0.314 e. The summed E-state index contributed by atoms with van der Waals surface area (Å²) in [6.07, 6.45) is 5.38. The van der Waals surface area contributed by atoms with E-state index in [1.54, 1.807) is 0 Å². The van der Waals surface area contributed by atoms with E-state index in [9.17, 15) is 0 Å². The van der Waals surface area contributed by atoms with Crippen molar-refractivity contribution in [3.05, 3.63) is 24.3 Å². The third-order valence-electron chi connectivity index (χ3n) is 2.35. The van der Waals surface area contributed by atoms with Gasteiger partial charge in [0.15, 0.2) is 0 Å². The Hall–Kier alpha value is -0.560. The van der Waals surface area contributed by atoms with E-state index in [-0.39, 0.29) is 0 Å². The second kappa shape index (κ2) is 6.01. The molecule has 0 aliphatic carbocycles. The van der Waals surface area contributed by atoms with Gasteiger partial charge in [-0.05, 0) is 33.2 Å². The Labute approximate surface area is 76.6 Å². The van der Waals surface area contributed by atoms with Gasteiger partial charge >= 0.3 is 0 Å². The first-order chi connectivity index (χ1) is 5.63. The van der Waals surface area contributed by atoms with E-state index >= 15 is 0 Å². The molecule has 1 nitrogen and oxygen atoms in total. The van der Waals surface area contributed by atoms with Crippen molar-refractivity contribution in [1.82, 2.24) is 5.32 Å². The van der Waals surface area contributed by atoms with E-state index in [0.717, 1.165) is 6.42 Å². The number of allylic oxidation sites excluding steroid dienone is 2. The van der Waals surface area contributed by atoms with Crippen molar-refractivity contribution in [2.75, 3.05) is 7.05 Å². The zero-order valence-electron chi connectivity index (χ0n) is 8.72. The molecule has 0 saturated heterocycles. The van der Waals surface area contributed by atoms with Crippen molar-refractivity contribution < 1.29 is 0 Å². The molecule has 0 fully saturated rings. The molecule has 2 atom stereocenters. The molecule has 0 bridgehead atoms. The zero-order valence-corrected chi connectivity index (χ0v) is 8.72. The molecule has 0 amide bonds. The number of likely N-dealkylation sites (N-methyl/N-ethyl adjacent to an activating group) is 1. The minimum absolute atomic E-state index is 0.422. The van der Waals surface area contributed by atoms with Gasteiger partial charge < -0.3 is 5.32 Å². The monoisotopic (exact) mass is 167 g/mol. The summed E-state index contributed by atoms with van der Waals surface area (Å²) in [7, 11) is 1.97. The van der Waals surface area contributed by atoms with Crippen molar-refractivity contribution in [1.29, 1.82) is 0 Å². The Kier molecular flexibility index (Phi) is 5.73. The quantitative estimate of drug-likeness (QED) is 0.621. The predicted octanol–water partition coefficient (Wildman–Crippen LogP) is 2.75. The van der Waals surface area contributed by atoms with Gasteiger partial charge in [0.2, 0.25) is 0 Å². The Balaban J connectivity index is 3.92. The summed E-state index contributed by atoms with van der Waals surface area (Å²) in [6, 6.07) is 0.422. The second-order valence-corrected chi connectivity index (χ2v) is 3.29. The number of hydrogen-bond acceptors (Lipinski definition) is 1. The van der Waals surface area contributed by atoms with E-state index < -0.39 is 0 Å². The van der Waals surface area contributed by atoms with E-state index in [0.29, 0.717) is 12.0 Å². The maximum Gasteiger partial charge on any atom is 0.0248 e. The number of nitrogens with one attached hydrogen (secondary N) is 1. The summed E-state index contributed by atoms with van der Waals surface area (Å²) in [5.41, 5.74) is 1.29. The Bertz CT molecular complexity index is 158. The Morgan fingerprint density at radius 3 is 2.50 bits per heavy atom. The van der Waals surface area contributed by atoms with Crippen LogP contribution in [0.3, 0.4) is 0 Å². The first-order valence-electron chi connectivity index (χ1n) is 4.60. The van der Waals surface area contributed by atoms with Gasteiger partial charge in [0.05, 0.1) is 0 Å². The lowest BCUT2D eigenvalue weighted by atomic mass is 9.94. The van der Waals surface area contributed by atoms with Crippen LogP contribution in [0.4, 0.5) is 0 Å².